The molecule has 0 spiro atoms. The van der Waals surface area contributed by atoms with E-state index in [9.17, 15) is 4.39 Å². The summed E-state index contributed by atoms with van der Waals surface area (Å²) in [5, 5.41) is 3.98. The third-order valence-electron chi connectivity index (χ3n) is 3.92. The summed E-state index contributed by atoms with van der Waals surface area (Å²) in [6, 6.07) is 6.69. The first-order valence-corrected chi connectivity index (χ1v) is 7.78. The second-order valence-electron chi connectivity index (χ2n) is 5.63. The summed E-state index contributed by atoms with van der Waals surface area (Å²) >= 11 is 0. The second-order valence-corrected chi connectivity index (χ2v) is 5.63. The average Bonchev–Trinajstić information content (AvgIpc) is 2.85. The predicted molar refractivity (Wildman–Crippen MR) is 83.5 cm³/mol. The van der Waals surface area contributed by atoms with E-state index in [1.54, 1.807) is 7.11 Å². The number of benzene rings is 1. The highest BCUT2D eigenvalue weighted by Crippen LogP contribution is 2.17. The van der Waals surface area contributed by atoms with E-state index >= 15 is 0 Å². The molecular weight excluding hydrogens is 299 g/mol. The van der Waals surface area contributed by atoms with Gasteiger partial charge in [0.2, 0.25) is 0 Å². The van der Waals surface area contributed by atoms with Crippen LogP contribution in [0.1, 0.15) is 18.1 Å². The van der Waals surface area contributed by atoms with Crippen molar-refractivity contribution in [3.8, 4) is 0 Å². The maximum atomic E-state index is 13.0. The average molecular weight is 320 g/mol. The van der Waals surface area contributed by atoms with Crippen LogP contribution in [-0.2, 0) is 17.9 Å². The number of halogens is 1. The molecule has 0 radical (unpaired) electrons. The second kappa shape index (κ2) is 7.52. The Hall–Kier alpha value is -1.99. The van der Waals surface area contributed by atoms with Crippen molar-refractivity contribution in [1.82, 2.24) is 15.0 Å². The standard InChI is InChI=1S/C16H21FN4O2/c1-22-12-16-18-15(19-23-16)11-20-7-2-8-21(10-9-20)14-5-3-13(17)4-6-14/h3-6H,2,7-12H2,1H3. The fraction of sp³-hybridized carbons (Fsp3) is 0.500. The first-order valence-electron chi connectivity index (χ1n) is 7.78. The zero-order chi connectivity index (χ0) is 16.1. The number of aromatic nitrogens is 2. The van der Waals surface area contributed by atoms with Crippen molar-refractivity contribution in [2.45, 2.75) is 19.6 Å². The molecule has 124 valence electrons. The third kappa shape index (κ3) is 4.27. The largest absolute Gasteiger partial charge is 0.375 e. The van der Waals surface area contributed by atoms with Crippen molar-refractivity contribution in [3.63, 3.8) is 0 Å². The lowest BCUT2D eigenvalue weighted by Crippen LogP contribution is -2.30. The van der Waals surface area contributed by atoms with Gasteiger partial charge in [-0.05, 0) is 30.7 Å². The summed E-state index contributed by atoms with van der Waals surface area (Å²) in [4.78, 5) is 8.91. The lowest BCUT2D eigenvalue weighted by molar-refractivity contribution is 0.151. The predicted octanol–water partition coefficient (Wildman–Crippen LogP) is 2.07. The molecule has 1 aromatic heterocycles. The molecule has 0 unspecified atom stereocenters. The summed E-state index contributed by atoms with van der Waals surface area (Å²) in [5.74, 6) is 0.992. The summed E-state index contributed by atoms with van der Waals surface area (Å²) < 4.78 is 23.1. The Morgan fingerprint density at radius 2 is 2.00 bits per heavy atom. The fourth-order valence-electron chi connectivity index (χ4n) is 2.78. The van der Waals surface area contributed by atoms with Crippen LogP contribution in [0.5, 0.6) is 0 Å². The number of hydrogen-bond acceptors (Lipinski definition) is 6. The monoisotopic (exact) mass is 320 g/mol. The number of nitrogens with zero attached hydrogens (tertiary/aromatic N) is 4. The van der Waals surface area contributed by atoms with Gasteiger partial charge in [-0.3, -0.25) is 4.90 Å². The molecule has 7 heteroatoms. The SMILES string of the molecule is COCc1nc(CN2CCCN(c3ccc(F)cc3)CC2)no1. The first kappa shape index (κ1) is 15.9. The third-order valence-corrected chi connectivity index (χ3v) is 3.92. The maximum Gasteiger partial charge on any atom is 0.252 e. The zero-order valence-corrected chi connectivity index (χ0v) is 13.2. The van der Waals surface area contributed by atoms with Gasteiger partial charge in [-0.2, -0.15) is 4.98 Å². The van der Waals surface area contributed by atoms with E-state index in [1.807, 2.05) is 12.1 Å². The van der Waals surface area contributed by atoms with Crippen molar-refractivity contribution in [2.24, 2.45) is 0 Å². The highest BCUT2D eigenvalue weighted by molar-refractivity contribution is 5.46. The number of hydrogen-bond donors (Lipinski definition) is 0. The molecule has 1 aliphatic rings. The van der Waals surface area contributed by atoms with Crippen LogP contribution in [0.2, 0.25) is 0 Å². The Kier molecular flexibility index (Phi) is 5.19. The van der Waals surface area contributed by atoms with Crippen molar-refractivity contribution >= 4 is 5.69 Å². The summed E-state index contributed by atoms with van der Waals surface area (Å²) in [6.07, 6.45) is 1.04. The number of rotatable bonds is 5. The number of ether oxygens (including phenoxy) is 1. The van der Waals surface area contributed by atoms with Crippen LogP contribution in [0.3, 0.4) is 0 Å². The Balaban J connectivity index is 1.56. The smallest absolute Gasteiger partial charge is 0.252 e. The van der Waals surface area contributed by atoms with Crippen molar-refractivity contribution in [2.75, 3.05) is 38.2 Å². The first-order chi connectivity index (χ1) is 11.2. The molecule has 1 aliphatic heterocycles. The van der Waals surface area contributed by atoms with Gasteiger partial charge in [-0.25, -0.2) is 4.39 Å². The Morgan fingerprint density at radius 3 is 2.78 bits per heavy atom. The maximum absolute atomic E-state index is 13.0. The minimum Gasteiger partial charge on any atom is -0.375 e. The van der Waals surface area contributed by atoms with Gasteiger partial charge in [0.25, 0.3) is 5.89 Å². The van der Waals surface area contributed by atoms with E-state index in [2.05, 4.69) is 19.9 Å². The summed E-state index contributed by atoms with van der Waals surface area (Å²) in [7, 11) is 1.60. The Labute approximate surface area is 134 Å². The Bertz CT molecular complexity index is 617. The number of methoxy groups -OCH3 is 1. The molecule has 1 fully saturated rings. The minimum atomic E-state index is -0.200. The van der Waals surface area contributed by atoms with Gasteiger partial charge in [0.1, 0.15) is 12.4 Å². The van der Waals surface area contributed by atoms with Gasteiger partial charge in [0.05, 0.1) is 6.54 Å². The van der Waals surface area contributed by atoms with Crippen LogP contribution in [0.4, 0.5) is 10.1 Å². The topological polar surface area (TPSA) is 54.6 Å². The van der Waals surface area contributed by atoms with Gasteiger partial charge in [-0.15, -0.1) is 0 Å². The van der Waals surface area contributed by atoms with Gasteiger partial charge in [-0.1, -0.05) is 5.16 Å². The van der Waals surface area contributed by atoms with E-state index < -0.39 is 0 Å². The molecule has 0 amide bonds. The van der Waals surface area contributed by atoms with E-state index in [0.717, 1.165) is 38.3 Å². The molecular formula is C16H21FN4O2. The molecule has 0 N–H and O–H groups in total. The number of anilines is 1. The highest BCUT2D eigenvalue weighted by Gasteiger charge is 2.17. The van der Waals surface area contributed by atoms with Crippen LogP contribution in [-0.4, -0.2) is 48.3 Å². The molecule has 0 bridgehead atoms. The van der Waals surface area contributed by atoms with Crippen molar-refractivity contribution in [1.29, 1.82) is 0 Å². The van der Waals surface area contributed by atoms with Gasteiger partial charge in [0, 0.05) is 39.0 Å². The van der Waals surface area contributed by atoms with Crippen LogP contribution in [0.25, 0.3) is 0 Å². The fourth-order valence-corrected chi connectivity index (χ4v) is 2.78. The highest BCUT2D eigenvalue weighted by atomic mass is 19.1. The van der Waals surface area contributed by atoms with Gasteiger partial charge >= 0.3 is 0 Å². The summed E-state index contributed by atoms with van der Waals surface area (Å²) in [5.41, 5.74) is 1.06. The molecule has 6 nitrogen and oxygen atoms in total. The van der Waals surface area contributed by atoms with Crippen LogP contribution < -0.4 is 4.90 Å². The van der Waals surface area contributed by atoms with E-state index in [-0.39, 0.29) is 5.82 Å². The van der Waals surface area contributed by atoms with E-state index in [1.165, 1.54) is 12.1 Å². The van der Waals surface area contributed by atoms with Crippen LogP contribution in [0.15, 0.2) is 28.8 Å². The van der Waals surface area contributed by atoms with Crippen molar-refractivity contribution in [3.05, 3.63) is 41.8 Å². The molecule has 0 saturated carbocycles. The molecule has 2 aromatic rings. The van der Waals surface area contributed by atoms with E-state index in [0.29, 0.717) is 24.9 Å². The van der Waals surface area contributed by atoms with Crippen LogP contribution >= 0.6 is 0 Å². The minimum absolute atomic E-state index is 0.200. The quantitative estimate of drug-likeness (QED) is 0.841. The lowest BCUT2D eigenvalue weighted by Gasteiger charge is -2.23. The van der Waals surface area contributed by atoms with Crippen molar-refractivity contribution < 1.29 is 13.7 Å². The summed E-state index contributed by atoms with van der Waals surface area (Å²) in [6.45, 7) is 4.75. The van der Waals surface area contributed by atoms with Gasteiger partial charge in [0.15, 0.2) is 5.82 Å². The van der Waals surface area contributed by atoms with E-state index in [4.69, 9.17) is 9.26 Å². The molecule has 0 aliphatic carbocycles. The molecule has 0 atom stereocenters. The van der Waals surface area contributed by atoms with Gasteiger partial charge < -0.3 is 14.2 Å². The normalized spacial score (nSPS) is 16.5. The lowest BCUT2D eigenvalue weighted by atomic mass is 10.2. The Morgan fingerprint density at radius 1 is 1.17 bits per heavy atom. The molecule has 1 aromatic carbocycles. The molecule has 3 rings (SSSR count). The molecule has 1 saturated heterocycles. The zero-order valence-electron chi connectivity index (χ0n) is 13.2. The van der Waals surface area contributed by atoms with Crippen LogP contribution in [0, 0.1) is 5.82 Å². The molecule has 23 heavy (non-hydrogen) atoms. The molecule has 2 heterocycles.